The summed E-state index contributed by atoms with van der Waals surface area (Å²) in [5, 5.41) is 4.04. The Labute approximate surface area is 240 Å². The Morgan fingerprint density at radius 2 is 1.78 bits per heavy atom. The van der Waals surface area contributed by atoms with Crippen molar-refractivity contribution in [2.45, 2.75) is 49.8 Å². The molecule has 2 aromatic carbocycles. The molecule has 2 N–H and O–H groups in total. The van der Waals surface area contributed by atoms with Gasteiger partial charge in [0, 0.05) is 35.1 Å². The van der Waals surface area contributed by atoms with Gasteiger partial charge in [0.1, 0.15) is 10.3 Å². The van der Waals surface area contributed by atoms with Gasteiger partial charge in [-0.1, -0.05) is 49.4 Å². The van der Waals surface area contributed by atoms with Crippen molar-refractivity contribution >= 4 is 42.0 Å². The molecule has 0 aliphatic heterocycles. The van der Waals surface area contributed by atoms with Crippen molar-refractivity contribution in [3.63, 3.8) is 0 Å². The van der Waals surface area contributed by atoms with Gasteiger partial charge in [0.15, 0.2) is 9.84 Å². The van der Waals surface area contributed by atoms with Gasteiger partial charge in [-0.3, -0.25) is 4.79 Å². The van der Waals surface area contributed by atoms with E-state index in [4.69, 9.17) is 0 Å². The minimum absolute atomic E-state index is 0.0339. The van der Waals surface area contributed by atoms with E-state index in [1.54, 1.807) is 57.2 Å². The van der Waals surface area contributed by atoms with Gasteiger partial charge in [0.05, 0.1) is 10.6 Å². The van der Waals surface area contributed by atoms with Crippen LogP contribution in [0.4, 0.5) is 5.69 Å². The lowest BCUT2D eigenvalue weighted by atomic mass is 9.87. The minimum atomic E-state index is -4.05. The first-order valence-corrected chi connectivity index (χ1v) is 16.5. The number of rotatable bonds is 8. The molecule has 2 atom stereocenters. The number of nitrogens with zero attached hydrogens (tertiary/aromatic N) is 1. The molecule has 0 saturated carbocycles. The van der Waals surface area contributed by atoms with Crippen LogP contribution in [0.5, 0.6) is 0 Å². The Hall–Kier alpha value is -3.89. The van der Waals surface area contributed by atoms with Gasteiger partial charge in [-0.2, -0.15) is 0 Å². The van der Waals surface area contributed by atoms with E-state index in [0.717, 1.165) is 20.8 Å². The molecule has 5 rings (SSSR count). The summed E-state index contributed by atoms with van der Waals surface area (Å²) >= 11 is 0. The molecule has 0 spiro atoms. The molecule has 4 aromatic rings. The average molecular weight is 592 g/mol. The highest BCUT2D eigenvalue weighted by atomic mass is 32.2. The zero-order valence-corrected chi connectivity index (χ0v) is 25.0. The Bertz CT molecular complexity index is 1970. The molecule has 2 heterocycles. The number of aromatic nitrogens is 2. The maximum Gasteiger partial charge on any atom is 0.273 e. The molecule has 41 heavy (non-hydrogen) atoms. The fraction of sp³-hybridized carbons (Fsp3) is 0.258. The number of hydrogen-bond acceptors (Lipinski definition) is 6. The molecule has 0 fully saturated rings. The summed E-state index contributed by atoms with van der Waals surface area (Å²) in [6.45, 7) is 7.04. The van der Waals surface area contributed by atoms with Crippen LogP contribution in [0, 0.1) is 0 Å². The first kappa shape index (κ1) is 28.6. The summed E-state index contributed by atoms with van der Waals surface area (Å²) in [4.78, 5) is 15.3. The van der Waals surface area contributed by atoms with Crippen LogP contribution in [0.25, 0.3) is 16.5 Å². The van der Waals surface area contributed by atoms with Crippen LogP contribution in [-0.2, 0) is 19.9 Å². The summed E-state index contributed by atoms with van der Waals surface area (Å²) < 4.78 is 53.4. The van der Waals surface area contributed by atoms with Crippen molar-refractivity contribution in [3.8, 4) is 0 Å². The maximum absolute atomic E-state index is 14.0. The van der Waals surface area contributed by atoms with E-state index in [9.17, 15) is 21.6 Å². The SMILES string of the molecule is CCS(=O)(=O)c1ccc(NC(C)c2ccccc2)c(C2=CC[C@@](C)(S(=O)(=O)n3ccc4cc[nH]c(=O)c43)C(C)=C2)c1. The number of hydrogen-bond donors (Lipinski definition) is 2. The molecule has 8 nitrogen and oxygen atoms in total. The predicted octanol–water partition coefficient (Wildman–Crippen LogP) is 5.67. The first-order valence-electron chi connectivity index (χ1n) is 13.4. The molecule has 1 unspecified atom stereocenters. The first-order chi connectivity index (χ1) is 19.4. The normalized spacial score (nSPS) is 18.5. The second kappa shape index (κ2) is 10.5. The van der Waals surface area contributed by atoms with Crippen LogP contribution in [0.15, 0.2) is 100 Å². The van der Waals surface area contributed by atoms with E-state index in [0.29, 0.717) is 16.5 Å². The fourth-order valence-corrected chi connectivity index (χ4v) is 7.95. The molecule has 10 heteroatoms. The number of anilines is 1. The van der Waals surface area contributed by atoms with Crippen LogP contribution < -0.4 is 10.9 Å². The zero-order chi connectivity index (χ0) is 29.6. The lowest BCUT2D eigenvalue weighted by Gasteiger charge is -2.33. The van der Waals surface area contributed by atoms with E-state index in [2.05, 4.69) is 10.3 Å². The van der Waals surface area contributed by atoms with Crippen molar-refractivity contribution in [1.29, 1.82) is 0 Å². The number of sulfone groups is 1. The highest BCUT2D eigenvalue weighted by Crippen LogP contribution is 2.41. The number of H-pyrrole nitrogens is 1. The fourth-order valence-electron chi connectivity index (χ4n) is 5.20. The Morgan fingerprint density at radius 3 is 2.46 bits per heavy atom. The molecule has 1 aliphatic carbocycles. The number of benzene rings is 2. The zero-order valence-electron chi connectivity index (χ0n) is 23.4. The molecular formula is C31H33N3O5S2. The number of allylic oxidation sites excluding steroid dienone is 3. The van der Waals surface area contributed by atoms with Crippen LogP contribution in [0.2, 0.25) is 0 Å². The Kier molecular flexibility index (Phi) is 7.33. The number of nitrogens with one attached hydrogen (secondary N) is 2. The molecule has 0 radical (unpaired) electrons. The van der Waals surface area contributed by atoms with Crippen molar-refractivity contribution in [3.05, 3.63) is 112 Å². The van der Waals surface area contributed by atoms with E-state index in [-0.39, 0.29) is 28.6 Å². The third-order valence-electron chi connectivity index (χ3n) is 8.03. The third-order valence-corrected chi connectivity index (χ3v) is 12.2. The van der Waals surface area contributed by atoms with Crippen LogP contribution >= 0.6 is 0 Å². The Morgan fingerprint density at radius 1 is 1.05 bits per heavy atom. The van der Waals surface area contributed by atoms with Crippen LogP contribution in [-0.4, -0.2) is 36.3 Å². The number of fused-ring (bicyclic) bond motifs is 1. The van der Waals surface area contributed by atoms with Crippen LogP contribution in [0.3, 0.4) is 0 Å². The largest absolute Gasteiger partial charge is 0.378 e. The van der Waals surface area contributed by atoms with E-state index < -0.39 is 30.2 Å². The van der Waals surface area contributed by atoms with Gasteiger partial charge in [-0.25, -0.2) is 20.8 Å². The topological polar surface area (TPSA) is 118 Å². The van der Waals surface area contributed by atoms with Crippen LogP contribution in [0.1, 0.15) is 51.3 Å². The van der Waals surface area contributed by atoms with E-state index in [1.165, 1.54) is 12.4 Å². The third kappa shape index (κ3) is 4.95. The molecule has 214 valence electrons. The molecule has 0 amide bonds. The lowest BCUT2D eigenvalue weighted by Crippen LogP contribution is -2.41. The van der Waals surface area contributed by atoms with Gasteiger partial charge >= 0.3 is 0 Å². The summed E-state index contributed by atoms with van der Waals surface area (Å²) in [6, 6.07) is 18.1. The molecule has 2 aromatic heterocycles. The second-order valence-electron chi connectivity index (χ2n) is 10.5. The molecule has 0 bridgehead atoms. The van der Waals surface area contributed by atoms with Gasteiger partial charge in [0.2, 0.25) is 10.0 Å². The molecular weight excluding hydrogens is 558 g/mol. The number of aromatic amines is 1. The highest BCUT2D eigenvalue weighted by molar-refractivity contribution is 7.91. The monoisotopic (exact) mass is 591 g/mol. The standard InChI is InChI=1S/C31H33N3O5S2/c1-5-40(36,37)26-11-12-28(33-22(3)23-9-7-6-8-10-23)27(20-26)25-13-16-31(4,21(2)19-25)41(38,39)34-18-15-24-14-17-32-30(35)29(24)34/h6-15,17-20,22,33H,5,16H2,1-4H3,(H,32,35)/t22?,31-/m1/s1. The predicted molar refractivity (Wildman–Crippen MR) is 164 cm³/mol. The molecule has 1 aliphatic rings. The van der Waals surface area contributed by atoms with Crippen molar-refractivity contribution in [2.24, 2.45) is 0 Å². The quantitative estimate of drug-likeness (QED) is 0.273. The van der Waals surface area contributed by atoms with Crippen molar-refractivity contribution in [1.82, 2.24) is 8.96 Å². The van der Waals surface area contributed by atoms with Gasteiger partial charge in [0.25, 0.3) is 5.56 Å². The lowest BCUT2D eigenvalue weighted by molar-refractivity contribution is 0.547. The minimum Gasteiger partial charge on any atom is -0.378 e. The summed E-state index contributed by atoms with van der Waals surface area (Å²) in [6.07, 6.45) is 6.67. The Balaban J connectivity index is 1.57. The van der Waals surface area contributed by atoms with Gasteiger partial charge < -0.3 is 10.3 Å². The number of pyridine rings is 1. The van der Waals surface area contributed by atoms with E-state index in [1.807, 2.05) is 43.3 Å². The highest BCUT2D eigenvalue weighted by Gasteiger charge is 2.43. The van der Waals surface area contributed by atoms with Crippen molar-refractivity contribution < 1.29 is 16.8 Å². The average Bonchev–Trinajstić information content (AvgIpc) is 3.41. The summed E-state index contributed by atoms with van der Waals surface area (Å²) in [5.74, 6) is -0.0339. The summed E-state index contributed by atoms with van der Waals surface area (Å²) in [7, 11) is -7.53. The summed E-state index contributed by atoms with van der Waals surface area (Å²) in [5.41, 5.74) is 3.38. The second-order valence-corrected chi connectivity index (χ2v) is 15.1. The maximum atomic E-state index is 14.0. The van der Waals surface area contributed by atoms with Gasteiger partial charge in [-0.05, 0) is 74.2 Å². The van der Waals surface area contributed by atoms with Gasteiger partial charge in [-0.15, -0.1) is 0 Å². The molecule has 0 saturated heterocycles. The smallest absolute Gasteiger partial charge is 0.273 e. The van der Waals surface area contributed by atoms with E-state index >= 15 is 0 Å². The van der Waals surface area contributed by atoms with Crippen molar-refractivity contribution in [2.75, 3.05) is 11.1 Å².